The smallest absolute Gasteiger partial charge is 0.300 e. The Kier molecular flexibility index (Phi) is 6.21. The summed E-state index contributed by atoms with van der Waals surface area (Å²) in [5, 5.41) is 11.6. The number of amides is 1. The third-order valence-electron chi connectivity index (χ3n) is 7.96. The third kappa shape index (κ3) is 4.48. The van der Waals surface area contributed by atoms with Gasteiger partial charge in [-0.2, -0.15) is 0 Å². The zero-order chi connectivity index (χ0) is 27.3. The van der Waals surface area contributed by atoms with Gasteiger partial charge in [0.05, 0.1) is 11.6 Å². The molecule has 3 aromatic rings. The normalized spacial score (nSPS) is 20.2. The molecule has 6 nitrogen and oxygen atoms in total. The van der Waals surface area contributed by atoms with Gasteiger partial charge < -0.3 is 14.6 Å². The number of carbonyl (C=O) groups is 2. The summed E-state index contributed by atoms with van der Waals surface area (Å²) < 4.78 is 11.4. The standard InChI is InChI=1S/C33H33NO5/c1-33(2,3)24-12-10-21(11-13-24)29-28(30(35)23-9-8-20-6-4-5-7-22(20)18-23)31(36)32(37)34(29)25-14-15-26-27(19-25)39-17-16-38-26/h8-15,18-19,29,35H,4-7,16-17H2,1-3H3/b30-28+. The average molecular weight is 524 g/mol. The molecular weight excluding hydrogens is 490 g/mol. The lowest BCUT2D eigenvalue weighted by Gasteiger charge is -2.28. The van der Waals surface area contributed by atoms with Crippen molar-refractivity contribution < 1.29 is 24.2 Å². The minimum Gasteiger partial charge on any atom is -0.507 e. The van der Waals surface area contributed by atoms with Gasteiger partial charge in [-0.05, 0) is 71.6 Å². The van der Waals surface area contributed by atoms with E-state index in [2.05, 4.69) is 20.8 Å². The Morgan fingerprint density at radius 3 is 2.26 bits per heavy atom. The van der Waals surface area contributed by atoms with Crippen LogP contribution in [0.3, 0.4) is 0 Å². The highest BCUT2D eigenvalue weighted by Gasteiger charge is 2.47. The second-order valence-corrected chi connectivity index (χ2v) is 11.6. The van der Waals surface area contributed by atoms with Crippen LogP contribution < -0.4 is 14.4 Å². The first kappa shape index (κ1) is 25.2. The number of ether oxygens (including phenoxy) is 2. The van der Waals surface area contributed by atoms with Crippen LogP contribution in [0, 0.1) is 0 Å². The quantitative estimate of drug-likeness (QED) is 0.249. The van der Waals surface area contributed by atoms with Crippen molar-refractivity contribution >= 4 is 23.1 Å². The minimum atomic E-state index is -0.794. The van der Waals surface area contributed by atoms with Crippen LogP contribution in [0.15, 0.2) is 66.2 Å². The van der Waals surface area contributed by atoms with Crippen LogP contribution in [0.25, 0.3) is 5.76 Å². The lowest BCUT2D eigenvalue weighted by atomic mass is 9.85. The molecule has 1 unspecified atom stereocenters. The van der Waals surface area contributed by atoms with Gasteiger partial charge in [-0.3, -0.25) is 14.5 Å². The van der Waals surface area contributed by atoms with Gasteiger partial charge in [0.1, 0.15) is 19.0 Å². The highest BCUT2D eigenvalue weighted by Crippen LogP contribution is 2.45. The van der Waals surface area contributed by atoms with Crippen molar-refractivity contribution in [3.05, 3.63) is 94.1 Å². The van der Waals surface area contributed by atoms with Crippen LogP contribution in [0.5, 0.6) is 11.5 Å². The molecule has 0 aromatic heterocycles. The number of hydrogen-bond donors (Lipinski definition) is 1. The second-order valence-electron chi connectivity index (χ2n) is 11.6. The molecule has 39 heavy (non-hydrogen) atoms. The van der Waals surface area contributed by atoms with E-state index >= 15 is 0 Å². The predicted octanol–water partition coefficient (Wildman–Crippen LogP) is 6.26. The maximum atomic E-state index is 13.6. The van der Waals surface area contributed by atoms with E-state index in [1.165, 1.54) is 16.0 Å². The predicted molar refractivity (Wildman–Crippen MR) is 150 cm³/mol. The van der Waals surface area contributed by atoms with Crippen LogP contribution in [0.1, 0.15) is 67.5 Å². The van der Waals surface area contributed by atoms with E-state index in [0.29, 0.717) is 36.0 Å². The molecule has 2 aliphatic heterocycles. The number of anilines is 1. The molecule has 0 saturated carbocycles. The summed E-state index contributed by atoms with van der Waals surface area (Å²) in [5.41, 5.74) is 5.46. The molecule has 6 heteroatoms. The van der Waals surface area contributed by atoms with Crippen LogP contribution >= 0.6 is 0 Å². The maximum Gasteiger partial charge on any atom is 0.300 e. The van der Waals surface area contributed by atoms with Gasteiger partial charge in [-0.25, -0.2) is 0 Å². The molecule has 0 bridgehead atoms. The SMILES string of the molecule is CC(C)(C)c1ccc(C2/C(=C(\O)c3ccc4c(c3)CCCC4)C(=O)C(=O)N2c2ccc3c(c2)OCCO3)cc1. The van der Waals surface area contributed by atoms with E-state index in [9.17, 15) is 14.7 Å². The Balaban J connectivity index is 1.51. The molecule has 1 aliphatic carbocycles. The number of rotatable bonds is 3. The number of carbonyl (C=O) groups excluding carboxylic acids is 2. The molecule has 0 spiro atoms. The number of benzene rings is 3. The Morgan fingerprint density at radius 1 is 0.846 bits per heavy atom. The number of nitrogens with zero attached hydrogens (tertiary/aromatic N) is 1. The molecule has 1 atom stereocenters. The fraction of sp³-hybridized carbons (Fsp3) is 0.333. The summed E-state index contributed by atoms with van der Waals surface area (Å²) in [5.74, 6) is -0.411. The molecule has 200 valence electrons. The highest BCUT2D eigenvalue weighted by molar-refractivity contribution is 6.51. The molecule has 2 heterocycles. The van der Waals surface area contributed by atoms with E-state index in [1.54, 1.807) is 18.2 Å². The Labute approximate surface area is 228 Å². The minimum absolute atomic E-state index is 0.0562. The van der Waals surface area contributed by atoms with Crippen LogP contribution in [-0.2, 0) is 27.8 Å². The van der Waals surface area contributed by atoms with Crippen molar-refractivity contribution in [3.63, 3.8) is 0 Å². The molecule has 1 saturated heterocycles. The summed E-state index contributed by atoms with van der Waals surface area (Å²) in [6.45, 7) is 7.28. The molecule has 3 aliphatic rings. The summed E-state index contributed by atoms with van der Waals surface area (Å²) in [6, 6.07) is 18.3. The maximum absolute atomic E-state index is 13.6. The summed E-state index contributed by atoms with van der Waals surface area (Å²) in [6.07, 6.45) is 4.22. The number of aliphatic hydroxyl groups excluding tert-OH is 1. The largest absolute Gasteiger partial charge is 0.507 e. The molecule has 3 aromatic carbocycles. The molecule has 0 radical (unpaired) electrons. The van der Waals surface area contributed by atoms with Crippen molar-refractivity contribution in [2.75, 3.05) is 18.1 Å². The van der Waals surface area contributed by atoms with E-state index in [4.69, 9.17) is 9.47 Å². The van der Waals surface area contributed by atoms with Gasteiger partial charge >= 0.3 is 0 Å². The Morgan fingerprint density at radius 2 is 1.54 bits per heavy atom. The number of aliphatic hydroxyl groups is 1. The fourth-order valence-corrected chi connectivity index (χ4v) is 5.80. The summed E-state index contributed by atoms with van der Waals surface area (Å²) in [4.78, 5) is 28.7. The van der Waals surface area contributed by atoms with Gasteiger partial charge in [-0.15, -0.1) is 0 Å². The number of fused-ring (bicyclic) bond motifs is 2. The third-order valence-corrected chi connectivity index (χ3v) is 7.96. The first-order valence-corrected chi connectivity index (χ1v) is 13.7. The Hall–Kier alpha value is -4.06. The monoisotopic (exact) mass is 523 g/mol. The van der Waals surface area contributed by atoms with Gasteiger partial charge in [-0.1, -0.05) is 57.2 Å². The Bertz CT molecular complexity index is 1500. The molecule has 1 fully saturated rings. The van der Waals surface area contributed by atoms with Gasteiger partial charge in [0.25, 0.3) is 11.7 Å². The van der Waals surface area contributed by atoms with Crippen LogP contribution in [0.2, 0.25) is 0 Å². The first-order valence-electron chi connectivity index (χ1n) is 13.7. The zero-order valence-corrected chi connectivity index (χ0v) is 22.6. The number of Topliss-reactive ketones (excluding diaryl/α,β-unsaturated/α-hetero) is 1. The van der Waals surface area contributed by atoms with E-state index in [1.807, 2.05) is 42.5 Å². The number of ketones is 1. The van der Waals surface area contributed by atoms with E-state index in [-0.39, 0.29) is 16.7 Å². The van der Waals surface area contributed by atoms with Crippen LogP contribution in [0.4, 0.5) is 5.69 Å². The van der Waals surface area contributed by atoms with Crippen molar-refractivity contribution in [2.24, 2.45) is 0 Å². The fourth-order valence-electron chi connectivity index (χ4n) is 5.80. The van der Waals surface area contributed by atoms with E-state index < -0.39 is 17.7 Å². The molecule has 1 N–H and O–H groups in total. The number of aryl methyl sites for hydroxylation is 2. The van der Waals surface area contributed by atoms with Gasteiger partial charge in [0, 0.05) is 17.3 Å². The molecule has 1 amide bonds. The highest BCUT2D eigenvalue weighted by atomic mass is 16.6. The van der Waals surface area contributed by atoms with Gasteiger partial charge in [0.2, 0.25) is 0 Å². The average Bonchev–Trinajstić information content (AvgIpc) is 3.21. The van der Waals surface area contributed by atoms with Gasteiger partial charge in [0.15, 0.2) is 11.5 Å². The second kappa shape index (κ2) is 9.60. The molecular formula is C33H33NO5. The molecule has 6 rings (SSSR count). The van der Waals surface area contributed by atoms with Crippen molar-refractivity contribution in [1.82, 2.24) is 0 Å². The summed E-state index contributed by atoms with van der Waals surface area (Å²) >= 11 is 0. The summed E-state index contributed by atoms with van der Waals surface area (Å²) in [7, 11) is 0. The van der Waals surface area contributed by atoms with Crippen molar-refractivity contribution in [1.29, 1.82) is 0 Å². The lowest BCUT2D eigenvalue weighted by molar-refractivity contribution is -0.132. The van der Waals surface area contributed by atoms with Crippen molar-refractivity contribution in [2.45, 2.75) is 57.9 Å². The van der Waals surface area contributed by atoms with Crippen molar-refractivity contribution in [3.8, 4) is 11.5 Å². The topological polar surface area (TPSA) is 76.1 Å². The zero-order valence-electron chi connectivity index (χ0n) is 22.6. The van der Waals surface area contributed by atoms with Crippen LogP contribution in [-0.4, -0.2) is 30.0 Å². The van der Waals surface area contributed by atoms with E-state index in [0.717, 1.165) is 36.8 Å². The lowest BCUT2D eigenvalue weighted by Crippen LogP contribution is -2.29. The number of hydrogen-bond acceptors (Lipinski definition) is 5. The first-order chi connectivity index (χ1) is 18.7.